The first-order valence-corrected chi connectivity index (χ1v) is 14.0. The molecule has 13 heteroatoms. The van der Waals surface area contributed by atoms with E-state index in [2.05, 4.69) is 26.5 Å². The van der Waals surface area contributed by atoms with Crippen molar-refractivity contribution >= 4 is 53.3 Å². The van der Waals surface area contributed by atoms with E-state index in [1.807, 2.05) is 6.92 Å². The number of anilines is 1. The number of amides is 4. The third-order valence-electron chi connectivity index (χ3n) is 6.73. The van der Waals surface area contributed by atoms with Gasteiger partial charge in [-0.3, -0.25) is 19.2 Å². The molecule has 0 aliphatic carbocycles. The number of β-lactam (4-membered cyclic amide) rings is 1. The van der Waals surface area contributed by atoms with E-state index in [0.29, 0.717) is 11.1 Å². The van der Waals surface area contributed by atoms with Gasteiger partial charge in [0.05, 0.1) is 0 Å². The van der Waals surface area contributed by atoms with E-state index in [4.69, 9.17) is 0 Å². The summed E-state index contributed by atoms with van der Waals surface area (Å²) in [6.07, 6.45) is 1.82. The lowest BCUT2D eigenvalue weighted by atomic mass is 9.95. The molecule has 4 rings (SSSR count). The van der Waals surface area contributed by atoms with Crippen LogP contribution in [0.5, 0.6) is 0 Å². The fraction of sp³-hybridized carbons (Fsp3) is 0.357. The standard InChI is InChI=1S/C28H32N6O6S/c1-4-14-29-18-12-10-17(11-13-18)23(36)33-30-15-19(35)31-20(16-8-6-5-7-9-16)24(37)32-21-25(38)34-22(27(39)40)28(2,3)41-26(21)34/h5-13,15,20-22,26,29H,4,14H2,1-3H3,(H,31,35)(H,32,37)(H,33,36)(H,39,40)/b30-15+/t20?,21-,22+,26-/m1/s1. The largest absolute Gasteiger partial charge is 0.480 e. The molecular formula is C28H32N6O6S. The maximum absolute atomic E-state index is 13.3. The lowest BCUT2D eigenvalue weighted by Crippen LogP contribution is -2.71. The number of fused-ring (bicyclic) bond motifs is 1. The SMILES string of the molecule is CCCNc1ccc(C(=O)N/N=C/C(=O)NC(C(=O)N[C@@H]2C(=O)N3[C@@H]2SC(C)(C)[C@@H]3C(=O)O)c2ccccc2)cc1. The minimum Gasteiger partial charge on any atom is -0.480 e. The summed E-state index contributed by atoms with van der Waals surface area (Å²) in [6, 6.07) is 12.1. The fourth-order valence-electron chi connectivity index (χ4n) is 4.73. The smallest absolute Gasteiger partial charge is 0.327 e. The third-order valence-corrected chi connectivity index (χ3v) is 8.30. The van der Waals surface area contributed by atoms with E-state index < -0.39 is 57.8 Å². The summed E-state index contributed by atoms with van der Waals surface area (Å²) < 4.78 is -0.742. The first-order chi connectivity index (χ1) is 19.5. The zero-order chi connectivity index (χ0) is 29.7. The summed E-state index contributed by atoms with van der Waals surface area (Å²) in [6.45, 7) is 6.34. The second kappa shape index (κ2) is 12.4. The zero-order valence-corrected chi connectivity index (χ0v) is 23.6. The van der Waals surface area contributed by atoms with Gasteiger partial charge in [-0.2, -0.15) is 5.10 Å². The van der Waals surface area contributed by atoms with Crippen molar-refractivity contribution in [3.05, 3.63) is 65.7 Å². The number of thioether (sulfide) groups is 1. The topological polar surface area (TPSA) is 169 Å². The Bertz CT molecular complexity index is 1350. The molecule has 2 fully saturated rings. The molecule has 2 aliphatic heterocycles. The van der Waals surface area contributed by atoms with Crippen molar-refractivity contribution in [1.82, 2.24) is 21.0 Å². The van der Waals surface area contributed by atoms with E-state index >= 15 is 0 Å². The van der Waals surface area contributed by atoms with E-state index in [1.54, 1.807) is 68.4 Å². The highest BCUT2D eigenvalue weighted by Gasteiger charge is 2.64. The molecule has 4 amide bonds. The van der Waals surface area contributed by atoms with Crippen LogP contribution in [0.3, 0.4) is 0 Å². The third kappa shape index (κ3) is 6.51. The second-order valence-corrected chi connectivity index (χ2v) is 11.9. The predicted octanol–water partition coefficient (Wildman–Crippen LogP) is 1.71. The number of aliphatic carboxylic acids is 1. The van der Waals surface area contributed by atoms with E-state index in [-0.39, 0.29) is 0 Å². The molecule has 41 heavy (non-hydrogen) atoms. The summed E-state index contributed by atoms with van der Waals surface area (Å²) in [4.78, 5) is 64.2. The minimum absolute atomic E-state index is 0.350. The number of nitrogens with zero attached hydrogens (tertiary/aromatic N) is 2. The Kier molecular flexibility index (Phi) is 8.96. The van der Waals surface area contributed by atoms with Gasteiger partial charge in [0, 0.05) is 22.5 Å². The summed E-state index contributed by atoms with van der Waals surface area (Å²) in [7, 11) is 0. The van der Waals surface area contributed by atoms with Gasteiger partial charge < -0.3 is 26.0 Å². The van der Waals surface area contributed by atoms with Crippen LogP contribution in [0, 0.1) is 0 Å². The molecule has 2 aromatic rings. The number of rotatable bonds is 11. The van der Waals surface area contributed by atoms with Crippen LogP contribution in [0.15, 0.2) is 59.7 Å². The highest BCUT2D eigenvalue weighted by atomic mass is 32.2. The Morgan fingerprint density at radius 2 is 1.78 bits per heavy atom. The van der Waals surface area contributed by atoms with Gasteiger partial charge >= 0.3 is 5.97 Å². The van der Waals surface area contributed by atoms with Crippen molar-refractivity contribution in [2.45, 2.75) is 55.4 Å². The molecule has 2 aromatic carbocycles. The molecule has 216 valence electrons. The lowest BCUT2D eigenvalue weighted by Gasteiger charge is -2.44. The quantitative estimate of drug-likeness (QED) is 0.152. The molecule has 2 saturated heterocycles. The number of carbonyl (C=O) groups is 5. The number of nitrogens with one attached hydrogen (secondary N) is 4. The van der Waals surface area contributed by atoms with Crippen LogP contribution in [0.4, 0.5) is 5.69 Å². The molecule has 5 N–H and O–H groups in total. The molecular weight excluding hydrogens is 548 g/mol. The zero-order valence-electron chi connectivity index (χ0n) is 22.8. The van der Waals surface area contributed by atoms with Crippen molar-refractivity contribution < 1.29 is 29.1 Å². The number of benzene rings is 2. The van der Waals surface area contributed by atoms with Crippen LogP contribution >= 0.6 is 11.8 Å². The van der Waals surface area contributed by atoms with Crippen LogP contribution in [0.2, 0.25) is 0 Å². The Balaban J connectivity index is 1.38. The number of hydrogen-bond donors (Lipinski definition) is 5. The van der Waals surface area contributed by atoms with Crippen LogP contribution in [-0.2, 0) is 19.2 Å². The first-order valence-electron chi connectivity index (χ1n) is 13.1. The second-order valence-electron chi connectivity index (χ2n) is 10.1. The van der Waals surface area contributed by atoms with Crippen LogP contribution in [0.1, 0.15) is 49.2 Å². The molecule has 4 atom stereocenters. The van der Waals surface area contributed by atoms with Gasteiger partial charge in [-0.15, -0.1) is 11.8 Å². The molecule has 2 aliphatic rings. The summed E-state index contributed by atoms with van der Waals surface area (Å²) in [5.41, 5.74) is 3.97. The Hall–Kier alpha value is -4.39. The number of hydrogen-bond acceptors (Lipinski definition) is 8. The van der Waals surface area contributed by atoms with Crippen molar-refractivity contribution in [1.29, 1.82) is 0 Å². The van der Waals surface area contributed by atoms with E-state index in [9.17, 15) is 29.1 Å². The summed E-state index contributed by atoms with van der Waals surface area (Å²) >= 11 is 1.30. The number of carboxylic acid groups (broad SMARTS) is 1. The molecule has 0 saturated carbocycles. The van der Waals surface area contributed by atoms with Gasteiger partial charge in [0.2, 0.25) is 11.8 Å². The van der Waals surface area contributed by atoms with E-state index in [0.717, 1.165) is 24.9 Å². The highest BCUT2D eigenvalue weighted by molar-refractivity contribution is 8.01. The molecule has 0 spiro atoms. The molecule has 0 bridgehead atoms. The van der Waals surface area contributed by atoms with Crippen molar-refractivity contribution in [3.8, 4) is 0 Å². The summed E-state index contributed by atoms with van der Waals surface area (Å²) in [5, 5.41) is 21.2. The molecule has 1 unspecified atom stereocenters. The van der Waals surface area contributed by atoms with E-state index in [1.165, 1.54) is 16.7 Å². The Morgan fingerprint density at radius 1 is 1.10 bits per heavy atom. The minimum atomic E-state index is -1.18. The van der Waals surface area contributed by atoms with Crippen molar-refractivity contribution in [2.75, 3.05) is 11.9 Å². The molecule has 12 nitrogen and oxygen atoms in total. The van der Waals surface area contributed by atoms with Crippen LogP contribution in [0.25, 0.3) is 0 Å². The van der Waals surface area contributed by atoms with Crippen molar-refractivity contribution in [2.24, 2.45) is 5.10 Å². The van der Waals surface area contributed by atoms with Gasteiger partial charge in [0.1, 0.15) is 29.7 Å². The van der Waals surface area contributed by atoms with Crippen LogP contribution < -0.4 is 21.4 Å². The average molecular weight is 581 g/mol. The normalized spacial score (nSPS) is 21.4. The van der Waals surface area contributed by atoms with Gasteiger partial charge in [0.15, 0.2) is 0 Å². The number of carboxylic acids is 1. The lowest BCUT2D eigenvalue weighted by molar-refractivity contribution is -0.161. The number of carbonyl (C=O) groups excluding carboxylic acids is 4. The van der Waals surface area contributed by atoms with Gasteiger partial charge in [0.25, 0.3) is 11.8 Å². The Labute approximate surface area is 241 Å². The van der Waals surface area contributed by atoms with Gasteiger partial charge in [-0.05, 0) is 50.1 Å². The van der Waals surface area contributed by atoms with Gasteiger partial charge in [-0.25, -0.2) is 10.2 Å². The molecule has 2 heterocycles. The number of hydrazone groups is 1. The maximum atomic E-state index is 13.3. The highest BCUT2D eigenvalue weighted by Crippen LogP contribution is 2.50. The molecule has 0 aromatic heterocycles. The molecule has 0 radical (unpaired) electrons. The summed E-state index contributed by atoms with van der Waals surface area (Å²) in [5.74, 6) is -3.51. The first kappa shape index (κ1) is 29.6. The average Bonchev–Trinajstić information content (AvgIpc) is 3.21. The fourth-order valence-corrected chi connectivity index (χ4v) is 6.36. The maximum Gasteiger partial charge on any atom is 0.327 e. The van der Waals surface area contributed by atoms with Crippen LogP contribution in [-0.4, -0.2) is 74.6 Å². The van der Waals surface area contributed by atoms with Gasteiger partial charge in [-0.1, -0.05) is 37.3 Å². The Morgan fingerprint density at radius 3 is 2.41 bits per heavy atom. The van der Waals surface area contributed by atoms with Crippen molar-refractivity contribution in [3.63, 3.8) is 0 Å². The monoisotopic (exact) mass is 580 g/mol. The predicted molar refractivity (Wildman–Crippen MR) is 154 cm³/mol.